The van der Waals surface area contributed by atoms with Crippen LogP contribution in [-0.2, 0) is 6.54 Å². The molecule has 0 saturated carbocycles. The van der Waals surface area contributed by atoms with Crippen LogP contribution in [0.5, 0.6) is 5.75 Å². The molecule has 27 heavy (non-hydrogen) atoms. The summed E-state index contributed by atoms with van der Waals surface area (Å²) in [4.78, 5) is 6.87. The highest BCUT2D eigenvalue weighted by Crippen LogP contribution is 2.37. The molecule has 1 saturated heterocycles. The minimum atomic E-state index is 0.336. The van der Waals surface area contributed by atoms with Crippen molar-refractivity contribution < 1.29 is 4.74 Å². The molecule has 4 N–H and O–H groups in total. The fourth-order valence-corrected chi connectivity index (χ4v) is 3.89. The van der Waals surface area contributed by atoms with Crippen molar-refractivity contribution in [2.45, 2.75) is 25.4 Å². The van der Waals surface area contributed by atoms with Gasteiger partial charge in [-0.15, -0.1) is 0 Å². The molecule has 2 aromatic carbocycles. The summed E-state index contributed by atoms with van der Waals surface area (Å²) in [5, 5.41) is 1.96. The Bertz CT molecular complexity index is 934. The SMILES string of the molecule is COc1cc(CN2CCC(N)CC2)cc2c(-c3ccccc3)cnc(N)c12. The summed E-state index contributed by atoms with van der Waals surface area (Å²) in [6, 6.07) is 14.9. The number of nitrogens with two attached hydrogens (primary N) is 2. The first-order valence-electron chi connectivity index (χ1n) is 9.44. The molecule has 5 heteroatoms. The van der Waals surface area contributed by atoms with Gasteiger partial charge in [-0.25, -0.2) is 4.98 Å². The number of methoxy groups -OCH3 is 1. The van der Waals surface area contributed by atoms with Crippen LogP contribution in [0.4, 0.5) is 5.82 Å². The van der Waals surface area contributed by atoms with E-state index in [9.17, 15) is 0 Å². The number of rotatable bonds is 4. The van der Waals surface area contributed by atoms with Crippen LogP contribution in [0.2, 0.25) is 0 Å². The largest absolute Gasteiger partial charge is 0.496 e. The monoisotopic (exact) mass is 362 g/mol. The smallest absolute Gasteiger partial charge is 0.135 e. The van der Waals surface area contributed by atoms with E-state index < -0.39 is 0 Å². The van der Waals surface area contributed by atoms with Crippen molar-refractivity contribution >= 4 is 16.6 Å². The molecule has 1 aliphatic heterocycles. The topological polar surface area (TPSA) is 77.4 Å². The third kappa shape index (κ3) is 3.61. The van der Waals surface area contributed by atoms with E-state index in [1.54, 1.807) is 7.11 Å². The maximum absolute atomic E-state index is 6.21. The number of hydrogen-bond donors (Lipinski definition) is 2. The van der Waals surface area contributed by atoms with Gasteiger partial charge in [-0.2, -0.15) is 0 Å². The zero-order valence-electron chi connectivity index (χ0n) is 15.7. The second kappa shape index (κ2) is 7.55. The van der Waals surface area contributed by atoms with Crippen LogP contribution in [0, 0.1) is 0 Å². The molecule has 1 fully saturated rings. The molecule has 0 radical (unpaired) electrons. The van der Waals surface area contributed by atoms with Crippen LogP contribution in [0.15, 0.2) is 48.7 Å². The number of aromatic nitrogens is 1. The molecule has 4 rings (SSSR count). The van der Waals surface area contributed by atoms with Gasteiger partial charge in [-0.1, -0.05) is 30.3 Å². The number of nitrogen functional groups attached to an aromatic ring is 1. The molecule has 0 spiro atoms. The van der Waals surface area contributed by atoms with Crippen LogP contribution in [0.1, 0.15) is 18.4 Å². The van der Waals surface area contributed by atoms with Gasteiger partial charge in [0.05, 0.1) is 12.5 Å². The zero-order chi connectivity index (χ0) is 18.8. The number of ether oxygens (including phenoxy) is 1. The average molecular weight is 362 g/mol. The number of fused-ring (bicyclic) bond motifs is 1. The molecule has 1 aliphatic rings. The van der Waals surface area contributed by atoms with E-state index in [4.69, 9.17) is 16.2 Å². The Labute approximate surface area is 159 Å². The molecule has 0 bridgehead atoms. The molecular formula is C22H26N4O. The Kier molecular flexibility index (Phi) is 4.97. The number of anilines is 1. The standard InChI is InChI=1S/C22H26N4O/c1-27-20-12-15(14-26-9-7-17(23)8-10-26)11-18-19(13-25-22(24)21(18)20)16-5-3-2-4-6-16/h2-6,11-13,17H,7-10,14,23H2,1H3,(H2,24,25). The second-order valence-electron chi connectivity index (χ2n) is 7.26. The lowest BCUT2D eigenvalue weighted by molar-refractivity contribution is 0.205. The molecule has 3 aromatic rings. The molecule has 0 unspecified atom stereocenters. The predicted octanol–water partition coefficient (Wildman–Crippen LogP) is 3.42. The van der Waals surface area contributed by atoms with E-state index in [0.29, 0.717) is 11.9 Å². The average Bonchev–Trinajstić information content (AvgIpc) is 2.70. The van der Waals surface area contributed by atoms with Gasteiger partial charge >= 0.3 is 0 Å². The lowest BCUT2D eigenvalue weighted by Crippen LogP contribution is -2.39. The summed E-state index contributed by atoms with van der Waals surface area (Å²) < 4.78 is 5.69. The van der Waals surface area contributed by atoms with Crippen molar-refractivity contribution in [2.75, 3.05) is 25.9 Å². The molecular weight excluding hydrogens is 336 g/mol. The van der Waals surface area contributed by atoms with Gasteiger partial charge in [0.15, 0.2) is 0 Å². The first-order valence-corrected chi connectivity index (χ1v) is 9.44. The van der Waals surface area contributed by atoms with E-state index in [1.165, 1.54) is 5.56 Å². The van der Waals surface area contributed by atoms with Crippen LogP contribution in [0.25, 0.3) is 21.9 Å². The van der Waals surface area contributed by atoms with Crippen LogP contribution in [-0.4, -0.2) is 36.1 Å². The third-order valence-corrected chi connectivity index (χ3v) is 5.38. The highest BCUT2D eigenvalue weighted by molar-refractivity contribution is 6.05. The van der Waals surface area contributed by atoms with E-state index in [2.05, 4.69) is 34.1 Å². The van der Waals surface area contributed by atoms with Gasteiger partial charge in [-0.3, -0.25) is 4.90 Å². The normalized spacial score (nSPS) is 15.9. The van der Waals surface area contributed by atoms with Gasteiger partial charge < -0.3 is 16.2 Å². The van der Waals surface area contributed by atoms with Crippen LogP contribution >= 0.6 is 0 Å². The van der Waals surface area contributed by atoms with Gasteiger partial charge in [0.2, 0.25) is 0 Å². The maximum atomic E-state index is 6.21. The Morgan fingerprint density at radius 3 is 2.59 bits per heavy atom. The lowest BCUT2D eigenvalue weighted by atomic mass is 9.97. The number of benzene rings is 2. The number of piperidine rings is 1. The van der Waals surface area contributed by atoms with Crippen molar-refractivity contribution in [2.24, 2.45) is 5.73 Å². The van der Waals surface area contributed by atoms with Crippen molar-refractivity contribution in [3.05, 3.63) is 54.2 Å². The van der Waals surface area contributed by atoms with E-state index in [1.807, 2.05) is 24.4 Å². The van der Waals surface area contributed by atoms with Crippen molar-refractivity contribution in [1.82, 2.24) is 9.88 Å². The van der Waals surface area contributed by atoms with Crippen molar-refractivity contribution in [3.8, 4) is 16.9 Å². The molecule has 1 aromatic heterocycles. The Balaban J connectivity index is 1.80. The number of hydrogen-bond acceptors (Lipinski definition) is 5. The van der Waals surface area contributed by atoms with Gasteiger partial charge in [0.1, 0.15) is 11.6 Å². The first kappa shape index (κ1) is 17.8. The highest BCUT2D eigenvalue weighted by atomic mass is 16.5. The zero-order valence-corrected chi connectivity index (χ0v) is 15.7. The summed E-state index contributed by atoms with van der Waals surface area (Å²) >= 11 is 0. The molecule has 0 atom stereocenters. The number of pyridine rings is 1. The summed E-state index contributed by atoms with van der Waals surface area (Å²) in [6.45, 7) is 2.95. The Hall–Kier alpha value is -2.63. The molecule has 5 nitrogen and oxygen atoms in total. The summed E-state index contributed by atoms with van der Waals surface area (Å²) in [6.07, 6.45) is 3.96. The predicted molar refractivity (Wildman–Crippen MR) is 111 cm³/mol. The lowest BCUT2D eigenvalue weighted by Gasteiger charge is -2.30. The van der Waals surface area contributed by atoms with E-state index in [0.717, 1.165) is 60.1 Å². The van der Waals surface area contributed by atoms with Gasteiger partial charge in [0, 0.05) is 24.3 Å². The second-order valence-corrected chi connectivity index (χ2v) is 7.26. The maximum Gasteiger partial charge on any atom is 0.135 e. The summed E-state index contributed by atoms with van der Waals surface area (Å²) in [5.41, 5.74) is 15.7. The highest BCUT2D eigenvalue weighted by Gasteiger charge is 2.18. The van der Waals surface area contributed by atoms with Crippen molar-refractivity contribution in [1.29, 1.82) is 0 Å². The minimum absolute atomic E-state index is 0.336. The number of nitrogens with zero attached hydrogens (tertiary/aromatic N) is 2. The fourth-order valence-electron chi connectivity index (χ4n) is 3.89. The Morgan fingerprint density at radius 1 is 1.15 bits per heavy atom. The Morgan fingerprint density at radius 2 is 1.89 bits per heavy atom. The van der Waals surface area contributed by atoms with Crippen LogP contribution in [0.3, 0.4) is 0 Å². The minimum Gasteiger partial charge on any atom is -0.496 e. The first-order chi connectivity index (χ1) is 13.2. The molecule has 140 valence electrons. The van der Waals surface area contributed by atoms with E-state index >= 15 is 0 Å². The molecule has 0 amide bonds. The van der Waals surface area contributed by atoms with E-state index in [-0.39, 0.29) is 0 Å². The molecule has 2 heterocycles. The van der Waals surface area contributed by atoms with Gasteiger partial charge in [-0.05, 0) is 54.6 Å². The summed E-state index contributed by atoms with van der Waals surface area (Å²) in [5.74, 6) is 1.27. The summed E-state index contributed by atoms with van der Waals surface area (Å²) in [7, 11) is 1.69. The third-order valence-electron chi connectivity index (χ3n) is 5.38. The fraction of sp³-hybridized carbons (Fsp3) is 0.318. The van der Waals surface area contributed by atoms with Crippen molar-refractivity contribution in [3.63, 3.8) is 0 Å². The van der Waals surface area contributed by atoms with Crippen LogP contribution < -0.4 is 16.2 Å². The quantitative estimate of drug-likeness (QED) is 0.744. The molecule has 0 aliphatic carbocycles. The van der Waals surface area contributed by atoms with Gasteiger partial charge in [0.25, 0.3) is 0 Å². The number of likely N-dealkylation sites (tertiary alicyclic amines) is 1.